The third-order valence-electron chi connectivity index (χ3n) is 0.672. The Morgan fingerprint density at radius 2 is 2.25 bits per heavy atom. The predicted octanol–water partition coefficient (Wildman–Crippen LogP) is -1.42. The molecular formula is C4H5N3Sn. The van der Waals surface area contributed by atoms with E-state index in [0.717, 1.165) is 26.2 Å². The van der Waals surface area contributed by atoms with E-state index in [0.29, 0.717) is 5.82 Å². The van der Waals surface area contributed by atoms with Crippen LogP contribution in [-0.2, 0) is 0 Å². The number of aromatic nitrogens is 2. The molecule has 0 amide bonds. The van der Waals surface area contributed by atoms with Gasteiger partial charge < -0.3 is 0 Å². The summed E-state index contributed by atoms with van der Waals surface area (Å²) in [6.07, 6.45) is 3.26. The second kappa shape index (κ2) is 2.30. The molecule has 8 heavy (non-hydrogen) atoms. The summed E-state index contributed by atoms with van der Waals surface area (Å²) >= 11 is 0.978. The molecule has 3 nitrogen and oxygen atoms in total. The molecule has 0 bridgehead atoms. The van der Waals surface area contributed by atoms with Gasteiger partial charge in [0.25, 0.3) is 0 Å². The van der Waals surface area contributed by atoms with E-state index in [-0.39, 0.29) is 0 Å². The first-order chi connectivity index (χ1) is 3.79. The van der Waals surface area contributed by atoms with Gasteiger partial charge in [-0.25, -0.2) is 0 Å². The fourth-order valence-electron chi connectivity index (χ4n) is 0.397. The average Bonchev–Trinajstić information content (AvgIpc) is 1.64. The zero-order valence-electron chi connectivity index (χ0n) is 4.20. The first kappa shape index (κ1) is 5.81. The molecule has 0 unspecified atom stereocenters. The summed E-state index contributed by atoms with van der Waals surface area (Å²) in [5.74, 6) is 0.509. The zero-order chi connectivity index (χ0) is 5.98. The number of nitrogen functional groups attached to an aromatic ring is 1. The van der Waals surface area contributed by atoms with Crippen LogP contribution >= 0.6 is 0 Å². The van der Waals surface area contributed by atoms with Gasteiger partial charge in [-0.3, -0.25) is 0 Å². The number of rotatable bonds is 0. The van der Waals surface area contributed by atoms with E-state index in [4.69, 9.17) is 5.73 Å². The van der Waals surface area contributed by atoms with E-state index >= 15 is 0 Å². The Hall–Kier alpha value is -0.321. The van der Waals surface area contributed by atoms with Crippen molar-refractivity contribution >= 4 is 32.1 Å². The first-order valence-electron chi connectivity index (χ1n) is 2.12. The first-order valence-corrected chi connectivity index (χ1v) is 3.77. The molecule has 0 atom stereocenters. The van der Waals surface area contributed by atoms with Gasteiger partial charge >= 0.3 is 60.1 Å². The molecule has 1 rings (SSSR count). The van der Waals surface area contributed by atoms with Gasteiger partial charge in [0.05, 0.1) is 0 Å². The molecule has 2 N–H and O–H groups in total. The fraction of sp³-hybridized carbons (Fsp3) is 0. The van der Waals surface area contributed by atoms with E-state index in [2.05, 4.69) is 9.97 Å². The van der Waals surface area contributed by atoms with Crippen LogP contribution in [0.4, 0.5) is 5.82 Å². The summed E-state index contributed by atoms with van der Waals surface area (Å²) in [5, 5.41) is 0. The van der Waals surface area contributed by atoms with E-state index in [1.54, 1.807) is 12.4 Å². The number of hydrogen-bond acceptors (Lipinski definition) is 3. The van der Waals surface area contributed by atoms with Crippen LogP contribution in [0.1, 0.15) is 0 Å². The molecule has 4 heteroatoms. The molecule has 1 heterocycles. The Kier molecular flexibility index (Phi) is 1.67. The van der Waals surface area contributed by atoms with Gasteiger partial charge in [0, 0.05) is 0 Å². The summed E-state index contributed by atoms with van der Waals surface area (Å²) in [5.41, 5.74) is 5.31. The molecule has 0 saturated heterocycles. The monoisotopic (exact) mass is 215 g/mol. The van der Waals surface area contributed by atoms with Crippen molar-refractivity contribution in [2.24, 2.45) is 0 Å². The molecule has 40 valence electrons. The summed E-state index contributed by atoms with van der Waals surface area (Å²) in [4.78, 5) is 7.78. The number of nitrogens with two attached hydrogens (primary N) is 1. The number of anilines is 1. The molecule has 0 saturated carbocycles. The van der Waals surface area contributed by atoms with Crippen LogP contribution in [0.5, 0.6) is 0 Å². The van der Waals surface area contributed by atoms with Gasteiger partial charge in [0.15, 0.2) is 0 Å². The molecule has 0 fully saturated rings. The Labute approximate surface area is 60.4 Å². The van der Waals surface area contributed by atoms with E-state index in [1.807, 2.05) is 0 Å². The molecule has 1 aromatic heterocycles. The van der Waals surface area contributed by atoms with Crippen molar-refractivity contribution in [1.82, 2.24) is 9.97 Å². The Morgan fingerprint density at radius 1 is 1.50 bits per heavy atom. The van der Waals surface area contributed by atoms with Gasteiger partial charge in [-0.15, -0.1) is 0 Å². The SMILES string of the molecule is Nc1cnc[c]([SnH])n1. The van der Waals surface area contributed by atoms with E-state index in [9.17, 15) is 0 Å². The third-order valence-corrected chi connectivity index (χ3v) is 1.47. The van der Waals surface area contributed by atoms with Crippen LogP contribution in [0.3, 0.4) is 0 Å². The summed E-state index contributed by atoms with van der Waals surface area (Å²) < 4.78 is 0.982. The molecule has 0 spiro atoms. The van der Waals surface area contributed by atoms with Gasteiger partial charge in [0.2, 0.25) is 0 Å². The van der Waals surface area contributed by atoms with Crippen LogP contribution in [0.25, 0.3) is 0 Å². The minimum absolute atomic E-state index is 0.509. The zero-order valence-corrected chi connectivity index (χ0v) is 7.50. The molecule has 0 aliphatic rings. The van der Waals surface area contributed by atoms with Gasteiger partial charge in [-0.05, 0) is 0 Å². The Bertz CT molecular complexity index is 171. The number of hydrogen-bond donors (Lipinski definition) is 1. The van der Waals surface area contributed by atoms with Crippen molar-refractivity contribution in [1.29, 1.82) is 0 Å². The van der Waals surface area contributed by atoms with Crippen molar-refractivity contribution in [3.8, 4) is 0 Å². The maximum absolute atomic E-state index is 5.31. The maximum atomic E-state index is 5.31. The summed E-state index contributed by atoms with van der Waals surface area (Å²) in [7, 11) is 0. The van der Waals surface area contributed by atoms with E-state index < -0.39 is 0 Å². The van der Waals surface area contributed by atoms with Crippen molar-refractivity contribution in [2.75, 3.05) is 5.73 Å². The van der Waals surface area contributed by atoms with Crippen molar-refractivity contribution in [3.05, 3.63) is 12.4 Å². The summed E-state index contributed by atoms with van der Waals surface area (Å²) in [6, 6.07) is 0. The van der Waals surface area contributed by atoms with Crippen molar-refractivity contribution < 1.29 is 0 Å². The summed E-state index contributed by atoms with van der Waals surface area (Å²) in [6.45, 7) is 0. The molecular weight excluding hydrogens is 209 g/mol. The fourth-order valence-corrected chi connectivity index (χ4v) is 1.07. The second-order valence-electron chi connectivity index (χ2n) is 1.37. The van der Waals surface area contributed by atoms with E-state index in [1.165, 1.54) is 0 Å². The van der Waals surface area contributed by atoms with Crippen LogP contribution in [-0.4, -0.2) is 32.5 Å². The molecule has 0 aliphatic heterocycles. The topological polar surface area (TPSA) is 51.8 Å². The van der Waals surface area contributed by atoms with Crippen molar-refractivity contribution in [2.45, 2.75) is 0 Å². The Morgan fingerprint density at radius 3 is 2.62 bits per heavy atom. The molecule has 0 aromatic carbocycles. The third kappa shape index (κ3) is 1.33. The predicted molar refractivity (Wildman–Crippen MR) is 33.2 cm³/mol. The van der Waals surface area contributed by atoms with Gasteiger partial charge in [-0.2, -0.15) is 0 Å². The van der Waals surface area contributed by atoms with Gasteiger partial charge in [-0.1, -0.05) is 0 Å². The second-order valence-corrected chi connectivity index (χ2v) is 3.06. The number of nitrogens with zero attached hydrogens (tertiary/aromatic N) is 2. The normalized spacial score (nSPS) is 9.12. The van der Waals surface area contributed by atoms with Crippen LogP contribution in [0.15, 0.2) is 12.4 Å². The van der Waals surface area contributed by atoms with Crippen LogP contribution in [0, 0.1) is 0 Å². The standard InChI is InChI=1S/C4H4N3.Sn.H/c5-4-3-6-1-2-7-4;;/h1,3H,(H2,5,7);;. The van der Waals surface area contributed by atoms with Crippen LogP contribution in [0.2, 0.25) is 0 Å². The van der Waals surface area contributed by atoms with Crippen LogP contribution < -0.4 is 9.44 Å². The minimum atomic E-state index is 0.509. The quantitative estimate of drug-likeness (QED) is 0.539. The Balaban J connectivity index is 3.08. The van der Waals surface area contributed by atoms with Gasteiger partial charge in [0.1, 0.15) is 0 Å². The molecule has 2 radical (unpaired) electrons. The molecule has 0 aliphatic carbocycles. The van der Waals surface area contributed by atoms with Crippen molar-refractivity contribution in [3.63, 3.8) is 0 Å². The molecule has 1 aromatic rings. The average molecular weight is 214 g/mol.